The topological polar surface area (TPSA) is 64.8 Å². The molecular weight excluding hydrogens is 132 g/mol. The molecule has 0 radical (unpaired) electrons. The molecule has 0 spiro atoms. The summed E-state index contributed by atoms with van der Waals surface area (Å²) in [4.78, 5) is 9.17. The van der Waals surface area contributed by atoms with Crippen molar-refractivity contribution in [2.75, 3.05) is 0 Å². The predicted octanol–water partition coefficient (Wildman–Crippen LogP) is 1.28. The molecule has 0 aliphatic heterocycles. The van der Waals surface area contributed by atoms with Crippen LogP contribution >= 0.6 is 25.3 Å². The van der Waals surface area contributed by atoms with Gasteiger partial charge in [0.05, 0.1) is 6.01 Å². The van der Waals surface area contributed by atoms with E-state index in [1.165, 1.54) is 6.01 Å². The first-order chi connectivity index (χ1) is 3.15. The van der Waals surface area contributed by atoms with Crippen LogP contribution in [0.15, 0.2) is 0 Å². The molecule has 0 aliphatic rings. The number of thiol groups is 2. The summed E-state index contributed by atoms with van der Waals surface area (Å²) in [5.74, 6) is 0. The molecule has 40 valence electrons. The number of carbonyl (C=O) groups is 1. The SMILES string of the molecule is N=C=N.O=C(S)S. The normalized spacial score (nSPS) is 4.86. The van der Waals surface area contributed by atoms with E-state index in [2.05, 4.69) is 25.3 Å². The summed E-state index contributed by atoms with van der Waals surface area (Å²) < 4.78 is -0.444. The Hall–Kier alpha value is -0.250. The number of carbonyl (C=O) groups excluding carboxylic acids is 1. The van der Waals surface area contributed by atoms with Gasteiger partial charge in [-0.05, 0) is 0 Å². The number of hydrogen-bond donors (Lipinski definition) is 4. The lowest BCUT2D eigenvalue weighted by Crippen LogP contribution is -1.47. The van der Waals surface area contributed by atoms with E-state index in [9.17, 15) is 4.79 Å². The first-order valence-electron chi connectivity index (χ1n) is 1.15. The third-order valence-electron chi connectivity index (χ3n) is 0. The van der Waals surface area contributed by atoms with Gasteiger partial charge in [0.2, 0.25) is 4.45 Å². The average molecular weight is 136 g/mol. The van der Waals surface area contributed by atoms with E-state index in [0.29, 0.717) is 0 Å². The van der Waals surface area contributed by atoms with Gasteiger partial charge in [-0.3, -0.25) is 4.79 Å². The van der Waals surface area contributed by atoms with Crippen LogP contribution in [0.25, 0.3) is 0 Å². The first kappa shape index (κ1) is 9.89. The fourth-order valence-corrected chi connectivity index (χ4v) is 0. The van der Waals surface area contributed by atoms with Gasteiger partial charge in [-0.15, -0.1) is 0 Å². The molecule has 0 heterocycles. The summed E-state index contributed by atoms with van der Waals surface area (Å²) in [6.07, 6.45) is 0. The second-order valence-electron chi connectivity index (χ2n) is 0.408. The fourth-order valence-electron chi connectivity index (χ4n) is 0. The summed E-state index contributed by atoms with van der Waals surface area (Å²) in [5, 5.41) is 11.2. The molecule has 0 unspecified atom stereocenters. The van der Waals surface area contributed by atoms with E-state index in [-0.39, 0.29) is 0 Å². The average Bonchev–Trinajstić information content (AvgIpc) is 1.33. The zero-order chi connectivity index (χ0) is 6.28. The van der Waals surface area contributed by atoms with Crippen molar-refractivity contribution in [1.82, 2.24) is 0 Å². The molecule has 0 aromatic carbocycles. The van der Waals surface area contributed by atoms with Crippen LogP contribution in [-0.2, 0) is 0 Å². The Labute approximate surface area is 52.0 Å². The Bertz CT molecular complexity index is 81.7. The predicted molar refractivity (Wildman–Crippen MR) is 33.8 cm³/mol. The summed E-state index contributed by atoms with van der Waals surface area (Å²) in [6.45, 7) is 0. The number of hydrogen-bond acceptors (Lipinski definition) is 3. The molecule has 7 heavy (non-hydrogen) atoms. The van der Waals surface area contributed by atoms with Crippen molar-refractivity contribution in [2.45, 2.75) is 0 Å². The highest BCUT2D eigenvalue weighted by Gasteiger charge is 1.65. The van der Waals surface area contributed by atoms with Crippen LogP contribution in [0.1, 0.15) is 0 Å². The monoisotopic (exact) mass is 136 g/mol. The van der Waals surface area contributed by atoms with E-state index in [1.54, 1.807) is 0 Å². The van der Waals surface area contributed by atoms with Crippen LogP contribution in [0.2, 0.25) is 0 Å². The lowest BCUT2D eigenvalue weighted by molar-refractivity contribution is 0.277. The molecular formula is C2H4N2OS2. The standard InChI is InChI=1S/CH2N2.CH2OS2/c2-1-3;2-1(3)4/h2-3H;(H2,2,3,4). The van der Waals surface area contributed by atoms with Gasteiger partial charge in [-0.1, -0.05) is 25.3 Å². The van der Waals surface area contributed by atoms with Crippen molar-refractivity contribution in [2.24, 2.45) is 0 Å². The minimum absolute atomic E-state index is 0.444. The Balaban J connectivity index is 0. The maximum atomic E-state index is 9.17. The lowest BCUT2D eigenvalue weighted by atomic mass is 11.6. The molecule has 0 saturated heterocycles. The molecule has 0 bridgehead atoms. The van der Waals surface area contributed by atoms with Crippen molar-refractivity contribution in [3.05, 3.63) is 0 Å². The van der Waals surface area contributed by atoms with Gasteiger partial charge in [0.15, 0.2) is 0 Å². The molecule has 0 amide bonds. The van der Waals surface area contributed by atoms with Crippen molar-refractivity contribution in [3.8, 4) is 0 Å². The van der Waals surface area contributed by atoms with Crippen LogP contribution in [0.3, 0.4) is 0 Å². The van der Waals surface area contributed by atoms with Crippen molar-refractivity contribution in [1.29, 1.82) is 10.8 Å². The minimum atomic E-state index is -0.444. The molecule has 0 aliphatic carbocycles. The quantitative estimate of drug-likeness (QED) is 0.294. The van der Waals surface area contributed by atoms with Gasteiger partial charge in [0.1, 0.15) is 0 Å². The van der Waals surface area contributed by atoms with Gasteiger partial charge < -0.3 is 0 Å². The van der Waals surface area contributed by atoms with Gasteiger partial charge in [0, 0.05) is 0 Å². The highest BCUT2D eigenvalue weighted by Crippen LogP contribution is 1.81. The molecule has 0 saturated carbocycles. The van der Waals surface area contributed by atoms with Crippen LogP contribution in [-0.4, -0.2) is 10.5 Å². The smallest absolute Gasteiger partial charge is 0.239 e. The Kier molecular flexibility index (Phi) is 13.0. The summed E-state index contributed by atoms with van der Waals surface area (Å²) in [6, 6.07) is 1.25. The number of rotatable bonds is 0. The molecule has 0 rings (SSSR count). The molecule has 0 aromatic heterocycles. The first-order valence-corrected chi connectivity index (χ1v) is 2.05. The zero-order valence-corrected chi connectivity index (χ0v) is 5.09. The zero-order valence-electron chi connectivity index (χ0n) is 3.30. The van der Waals surface area contributed by atoms with Crippen LogP contribution in [0.5, 0.6) is 0 Å². The Morgan fingerprint density at radius 2 is 1.43 bits per heavy atom. The Morgan fingerprint density at radius 1 is 1.43 bits per heavy atom. The van der Waals surface area contributed by atoms with Gasteiger partial charge in [0.25, 0.3) is 0 Å². The van der Waals surface area contributed by atoms with Crippen LogP contribution in [0, 0.1) is 10.8 Å². The molecule has 3 nitrogen and oxygen atoms in total. The van der Waals surface area contributed by atoms with Crippen LogP contribution in [0.4, 0.5) is 4.79 Å². The maximum Gasteiger partial charge on any atom is 0.239 e. The molecule has 0 aromatic rings. The highest BCUT2D eigenvalue weighted by molar-refractivity contribution is 8.23. The minimum Gasteiger partial charge on any atom is -0.275 e. The molecule has 5 heteroatoms. The van der Waals surface area contributed by atoms with Gasteiger partial charge in [-0.25, -0.2) is 10.8 Å². The summed E-state index contributed by atoms with van der Waals surface area (Å²) in [5.41, 5.74) is 0. The van der Waals surface area contributed by atoms with Gasteiger partial charge in [-0.2, -0.15) is 0 Å². The second kappa shape index (κ2) is 9.23. The van der Waals surface area contributed by atoms with Crippen molar-refractivity contribution in [3.63, 3.8) is 0 Å². The number of nitrogens with one attached hydrogen (secondary N) is 2. The van der Waals surface area contributed by atoms with Crippen LogP contribution < -0.4 is 0 Å². The molecule has 2 N–H and O–H groups in total. The second-order valence-corrected chi connectivity index (χ2v) is 1.57. The lowest BCUT2D eigenvalue weighted by Gasteiger charge is -1.54. The summed E-state index contributed by atoms with van der Waals surface area (Å²) in [7, 11) is 0. The third-order valence-corrected chi connectivity index (χ3v) is 0. The third kappa shape index (κ3) is 1290. The highest BCUT2D eigenvalue weighted by atomic mass is 32.2. The van der Waals surface area contributed by atoms with E-state index in [4.69, 9.17) is 10.8 Å². The largest absolute Gasteiger partial charge is 0.275 e. The van der Waals surface area contributed by atoms with Crippen molar-refractivity contribution >= 4 is 35.7 Å². The van der Waals surface area contributed by atoms with E-state index in [1.807, 2.05) is 0 Å². The molecule has 0 fully saturated rings. The van der Waals surface area contributed by atoms with E-state index >= 15 is 0 Å². The van der Waals surface area contributed by atoms with Gasteiger partial charge >= 0.3 is 0 Å². The fraction of sp³-hybridized carbons (Fsp3) is 0. The molecule has 0 atom stereocenters. The van der Waals surface area contributed by atoms with E-state index < -0.39 is 4.45 Å². The maximum absolute atomic E-state index is 9.17. The van der Waals surface area contributed by atoms with E-state index in [0.717, 1.165) is 0 Å². The Morgan fingerprint density at radius 3 is 1.43 bits per heavy atom. The van der Waals surface area contributed by atoms with Crippen molar-refractivity contribution < 1.29 is 4.79 Å². The summed E-state index contributed by atoms with van der Waals surface area (Å²) >= 11 is 6.38.